The molecule has 1 fully saturated rings. The van der Waals surface area contributed by atoms with Crippen LogP contribution in [0.3, 0.4) is 0 Å². The summed E-state index contributed by atoms with van der Waals surface area (Å²) in [4.78, 5) is 15.2. The second-order valence-corrected chi connectivity index (χ2v) is 12.9. The van der Waals surface area contributed by atoms with Crippen LogP contribution < -0.4 is 5.32 Å². The summed E-state index contributed by atoms with van der Waals surface area (Å²) in [5.41, 5.74) is 1.77. The van der Waals surface area contributed by atoms with Gasteiger partial charge >= 0.3 is 0 Å². The number of carbonyl (C=O) groups excluding carboxylic acids is 1. The normalized spacial score (nSPS) is 26.2. The topological polar surface area (TPSA) is 93.5 Å². The number of ether oxygens (including phenoxy) is 1. The van der Waals surface area contributed by atoms with Gasteiger partial charge in [-0.3, -0.25) is 14.4 Å². The average molecular weight is 501 g/mol. The fraction of sp³-hybridized carbons (Fsp3) is 0.619. The van der Waals surface area contributed by atoms with Crippen LogP contribution in [0.25, 0.3) is 0 Å². The zero-order valence-corrected chi connectivity index (χ0v) is 20.9. The highest BCUT2D eigenvalue weighted by Gasteiger charge is 2.47. The van der Waals surface area contributed by atoms with Crippen molar-refractivity contribution >= 4 is 38.7 Å². The third-order valence-corrected chi connectivity index (χ3v) is 8.63. The lowest BCUT2D eigenvalue weighted by atomic mass is 9.81. The van der Waals surface area contributed by atoms with Crippen LogP contribution in [0.15, 0.2) is 18.5 Å². The number of hydrogen-bond donors (Lipinski definition) is 1. The predicted octanol–water partition coefficient (Wildman–Crippen LogP) is 2.73. The lowest BCUT2D eigenvalue weighted by molar-refractivity contribution is -0.130. The van der Waals surface area contributed by atoms with Crippen LogP contribution in [-0.4, -0.2) is 60.2 Å². The van der Waals surface area contributed by atoms with Crippen molar-refractivity contribution in [1.82, 2.24) is 20.0 Å². The summed E-state index contributed by atoms with van der Waals surface area (Å²) in [5, 5.41) is 7.29. The molecule has 1 unspecified atom stereocenters. The zero-order valence-electron chi connectivity index (χ0n) is 18.5. The van der Waals surface area contributed by atoms with Gasteiger partial charge < -0.3 is 10.1 Å². The van der Waals surface area contributed by atoms with Crippen molar-refractivity contribution in [2.75, 3.05) is 25.2 Å². The quantitative estimate of drug-likeness (QED) is 0.655. The van der Waals surface area contributed by atoms with Gasteiger partial charge in [-0.1, -0.05) is 11.6 Å². The Kier molecular flexibility index (Phi) is 6.71. The van der Waals surface area contributed by atoms with Crippen molar-refractivity contribution in [2.45, 2.75) is 57.5 Å². The monoisotopic (exact) mass is 500 g/mol. The molecule has 0 bridgehead atoms. The van der Waals surface area contributed by atoms with Gasteiger partial charge in [0.2, 0.25) is 5.91 Å². The van der Waals surface area contributed by atoms with Crippen LogP contribution >= 0.6 is 22.9 Å². The molecule has 0 aromatic carbocycles. The molecule has 1 spiro atoms. The van der Waals surface area contributed by atoms with E-state index in [1.54, 1.807) is 16.0 Å². The molecule has 1 amide bonds. The number of thiophene rings is 1. The van der Waals surface area contributed by atoms with Gasteiger partial charge in [-0.2, -0.15) is 5.10 Å². The van der Waals surface area contributed by atoms with Crippen LogP contribution in [0.4, 0.5) is 0 Å². The van der Waals surface area contributed by atoms with Gasteiger partial charge in [0.15, 0.2) is 0 Å². The van der Waals surface area contributed by atoms with E-state index in [1.807, 2.05) is 18.5 Å². The van der Waals surface area contributed by atoms with E-state index in [9.17, 15) is 13.2 Å². The Morgan fingerprint density at radius 1 is 1.47 bits per heavy atom. The highest BCUT2D eigenvalue weighted by atomic mass is 35.5. The molecule has 1 saturated heterocycles. The van der Waals surface area contributed by atoms with Crippen molar-refractivity contribution in [3.63, 3.8) is 0 Å². The summed E-state index contributed by atoms with van der Waals surface area (Å²) in [6.45, 7) is 6.13. The minimum Gasteiger partial charge on any atom is -0.367 e. The molecule has 0 aliphatic carbocycles. The van der Waals surface area contributed by atoms with Gasteiger partial charge in [-0.05, 0) is 31.4 Å². The fourth-order valence-corrected chi connectivity index (χ4v) is 6.68. The van der Waals surface area contributed by atoms with Gasteiger partial charge in [-0.25, -0.2) is 8.42 Å². The highest BCUT2D eigenvalue weighted by Crippen LogP contribution is 2.50. The van der Waals surface area contributed by atoms with Crippen molar-refractivity contribution < 1.29 is 17.9 Å². The number of carbonyl (C=O) groups is 1. The lowest BCUT2D eigenvalue weighted by Crippen LogP contribution is -2.51. The summed E-state index contributed by atoms with van der Waals surface area (Å²) >= 11 is 7.93. The first-order chi connectivity index (χ1) is 15.0. The van der Waals surface area contributed by atoms with Crippen LogP contribution in [-0.2, 0) is 38.1 Å². The van der Waals surface area contributed by atoms with Crippen molar-refractivity contribution in [3.05, 3.63) is 38.8 Å². The molecule has 11 heteroatoms. The molecule has 176 valence electrons. The van der Waals surface area contributed by atoms with E-state index in [-0.39, 0.29) is 29.3 Å². The number of hydrogen-bond acceptors (Lipinski definition) is 7. The molecule has 2 aromatic rings. The van der Waals surface area contributed by atoms with Crippen LogP contribution in [0.2, 0.25) is 4.34 Å². The molecule has 4 rings (SSSR count). The first kappa shape index (κ1) is 23.7. The Hall–Kier alpha value is -1.46. The zero-order chi connectivity index (χ0) is 23.1. The van der Waals surface area contributed by atoms with E-state index < -0.39 is 9.84 Å². The molecule has 2 aliphatic rings. The number of nitrogens with zero attached hydrogens (tertiary/aromatic N) is 3. The number of halogens is 1. The van der Waals surface area contributed by atoms with Gasteiger partial charge in [-0.15, -0.1) is 11.3 Å². The Balaban J connectivity index is 1.44. The number of rotatable bonds is 6. The number of likely N-dealkylation sites (tertiary alicyclic amines) is 1. The molecule has 8 nitrogen and oxygen atoms in total. The molecule has 0 radical (unpaired) electrons. The Labute approximate surface area is 197 Å². The molecule has 2 aliphatic heterocycles. The lowest BCUT2D eigenvalue weighted by Gasteiger charge is -2.48. The number of aryl methyl sites for hydroxylation is 1. The van der Waals surface area contributed by atoms with E-state index in [0.29, 0.717) is 17.5 Å². The van der Waals surface area contributed by atoms with Crippen LogP contribution in [0.1, 0.15) is 48.7 Å². The van der Waals surface area contributed by atoms with Gasteiger partial charge in [0.05, 0.1) is 35.5 Å². The SMILES string of the molecule is CC(=O)NC1CO[C@@]2(CCN(Cc3cnn(CCS(C)(=O)=O)c3)[C@@H](C)C2)c2sc(Cl)cc21. The second-order valence-electron chi connectivity index (χ2n) is 8.91. The number of piperidine rings is 1. The summed E-state index contributed by atoms with van der Waals surface area (Å²) in [5.74, 6) is 0.00215. The summed E-state index contributed by atoms with van der Waals surface area (Å²) in [6.07, 6.45) is 6.66. The standard InChI is InChI=1S/C21H29ClN4O4S2/c1-14-9-21(20-17(8-19(22)31-20)18(13-30-21)24-15(2)27)4-5-25(14)11-16-10-23-26(12-16)6-7-32(3,28)29/h8,10,12,14,18H,4-7,9,11,13H2,1-3H3,(H,24,27)/t14-,18?,21+/m0/s1. The van der Waals surface area contributed by atoms with E-state index in [2.05, 4.69) is 22.2 Å². The highest BCUT2D eigenvalue weighted by molar-refractivity contribution is 7.90. The van der Waals surface area contributed by atoms with Gasteiger partial charge in [0.25, 0.3) is 0 Å². The predicted molar refractivity (Wildman–Crippen MR) is 125 cm³/mol. The van der Waals surface area contributed by atoms with E-state index >= 15 is 0 Å². The van der Waals surface area contributed by atoms with Crippen LogP contribution in [0.5, 0.6) is 0 Å². The molecule has 3 atom stereocenters. The maximum absolute atomic E-state index is 11.6. The Bertz CT molecular complexity index is 1100. The molecule has 32 heavy (non-hydrogen) atoms. The first-order valence-electron chi connectivity index (χ1n) is 10.7. The summed E-state index contributed by atoms with van der Waals surface area (Å²) in [6, 6.07) is 2.08. The minimum absolute atomic E-state index is 0.0805. The average Bonchev–Trinajstić information content (AvgIpc) is 3.31. The molecule has 2 aromatic heterocycles. The smallest absolute Gasteiger partial charge is 0.217 e. The maximum atomic E-state index is 11.6. The molecular formula is C21H29ClN4O4S2. The second kappa shape index (κ2) is 9.06. The van der Waals surface area contributed by atoms with Crippen LogP contribution in [0, 0.1) is 0 Å². The Morgan fingerprint density at radius 3 is 2.94 bits per heavy atom. The van der Waals surface area contributed by atoms with Gasteiger partial charge in [0.1, 0.15) is 15.4 Å². The van der Waals surface area contributed by atoms with Crippen molar-refractivity contribution in [1.29, 1.82) is 0 Å². The molecule has 1 N–H and O–H groups in total. The number of amides is 1. The molecule has 0 saturated carbocycles. The number of nitrogens with one attached hydrogen (secondary N) is 1. The Morgan fingerprint density at radius 2 is 2.25 bits per heavy atom. The summed E-state index contributed by atoms with van der Waals surface area (Å²) in [7, 11) is -3.02. The van der Waals surface area contributed by atoms with Gasteiger partial charge in [0, 0.05) is 48.9 Å². The van der Waals surface area contributed by atoms with Crippen molar-refractivity contribution in [3.8, 4) is 0 Å². The molecular weight excluding hydrogens is 472 g/mol. The van der Waals surface area contributed by atoms with E-state index in [4.69, 9.17) is 16.3 Å². The van der Waals surface area contributed by atoms with E-state index in [0.717, 1.165) is 41.9 Å². The van der Waals surface area contributed by atoms with Crippen molar-refractivity contribution in [2.24, 2.45) is 0 Å². The third-order valence-electron chi connectivity index (χ3n) is 6.24. The fourth-order valence-electron chi connectivity index (χ4n) is 4.68. The molecule has 4 heterocycles. The maximum Gasteiger partial charge on any atom is 0.217 e. The minimum atomic E-state index is -3.02. The third kappa shape index (κ3) is 5.20. The largest absolute Gasteiger partial charge is 0.367 e. The van der Waals surface area contributed by atoms with E-state index in [1.165, 1.54) is 13.2 Å². The number of fused-ring (bicyclic) bond motifs is 2. The first-order valence-corrected chi connectivity index (χ1v) is 13.9. The number of aromatic nitrogens is 2. The number of sulfone groups is 1. The summed E-state index contributed by atoms with van der Waals surface area (Å²) < 4.78 is 31.6.